The maximum atomic E-state index is 5.92. The molecule has 3 rings (SSSR count). The van der Waals surface area contributed by atoms with Crippen LogP contribution in [0, 0.1) is 6.92 Å². The van der Waals surface area contributed by atoms with Crippen molar-refractivity contribution in [3.05, 3.63) is 17.6 Å². The van der Waals surface area contributed by atoms with Crippen molar-refractivity contribution in [2.24, 2.45) is 0 Å². The van der Waals surface area contributed by atoms with Crippen molar-refractivity contribution in [3.63, 3.8) is 0 Å². The van der Waals surface area contributed by atoms with Crippen LogP contribution in [0.2, 0.25) is 0 Å². The van der Waals surface area contributed by atoms with Gasteiger partial charge in [0.05, 0.1) is 5.54 Å². The molecule has 0 bridgehead atoms. The zero-order valence-electron chi connectivity index (χ0n) is 12.0. The van der Waals surface area contributed by atoms with Gasteiger partial charge in [-0.05, 0) is 46.1 Å². The summed E-state index contributed by atoms with van der Waals surface area (Å²) in [6.45, 7) is 5.48. The van der Waals surface area contributed by atoms with Crippen molar-refractivity contribution >= 4 is 5.82 Å². The van der Waals surface area contributed by atoms with Crippen molar-refractivity contribution in [1.82, 2.24) is 14.9 Å². The molecule has 2 heterocycles. The highest BCUT2D eigenvalue weighted by Gasteiger charge is 2.44. The highest BCUT2D eigenvalue weighted by Crippen LogP contribution is 2.41. The summed E-state index contributed by atoms with van der Waals surface area (Å²) < 4.78 is 0. The number of hydrogen-bond acceptors (Lipinski definition) is 4. The van der Waals surface area contributed by atoms with Crippen molar-refractivity contribution in [2.45, 2.75) is 64.0 Å². The molecule has 4 nitrogen and oxygen atoms in total. The van der Waals surface area contributed by atoms with E-state index < -0.39 is 0 Å². The standard InChI is InChI=1S/C15H24N4/c1-11-10-13(16)18-14(17-11)15(2)8-5-9-19(15)12-6-3-4-7-12/h10,12H,3-9H2,1-2H3,(H2,16,17,18)/t15-/m1/s1. The van der Waals surface area contributed by atoms with Crippen molar-refractivity contribution in [2.75, 3.05) is 12.3 Å². The van der Waals surface area contributed by atoms with Gasteiger partial charge < -0.3 is 5.73 Å². The number of nitrogen functional groups attached to an aromatic ring is 1. The van der Waals surface area contributed by atoms with E-state index in [2.05, 4.69) is 21.8 Å². The van der Waals surface area contributed by atoms with Gasteiger partial charge in [0.15, 0.2) is 5.82 Å². The topological polar surface area (TPSA) is 55.0 Å². The molecule has 2 fully saturated rings. The quantitative estimate of drug-likeness (QED) is 0.888. The SMILES string of the molecule is Cc1cc(N)nc([C@@]2(C)CCCN2C2CCCC2)n1. The Morgan fingerprint density at radius 3 is 2.68 bits per heavy atom. The maximum Gasteiger partial charge on any atom is 0.150 e. The van der Waals surface area contributed by atoms with Gasteiger partial charge in [-0.25, -0.2) is 9.97 Å². The number of nitrogens with two attached hydrogens (primary N) is 1. The third-order valence-electron chi connectivity index (χ3n) is 4.82. The van der Waals surface area contributed by atoms with Crippen molar-refractivity contribution in [3.8, 4) is 0 Å². The Balaban J connectivity index is 1.95. The third kappa shape index (κ3) is 2.22. The molecule has 1 atom stereocenters. The largest absolute Gasteiger partial charge is 0.384 e. The predicted molar refractivity (Wildman–Crippen MR) is 76.7 cm³/mol. The van der Waals surface area contributed by atoms with Crippen LogP contribution in [0.1, 0.15) is 57.0 Å². The fourth-order valence-corrected chi connectivity index (χ4v) is 3.86. The lowest BCUT2D eigenvalue weighted by Gasteiger charge is -2.38. The molecule has 1 aromatic rings. The fourth-order valence-electron chi connectivity index (χ4n) is 3.86. The summed E-state index contributed by atoms with van der Waals surface area (Å²) in [6.07, 6.45) is 7.78. The third-order valence-corrected chi connectivity index (χ3v) is 4.82. The lowest BCUT2D eigenvalue weighted by Crippen LogP contribution is -2.45. The van der Waals surface area contributed by atoms with Crippen molar-refractivity contribution in [1.29, 1.82) is 0 Å². The molecule has 0 amide bonds. The van der Waals surface area contributed by atoms with Gasteiger partial charge in [0, 0.05) is 17.8 Å². The highest BCUT2D eigenvalue weighted by atomic mass is 15.3. The smallest absolute Gasteiger partial charge is 0.150 e. The Morgan fingerprint density at radius 2 is 2.00 bits per heavy atom. The summed E-state index contributed by atoms with van der Waals surface area (Å²) in [5.41, 5.74) is 6.87. The fraction of sp³-hybridized carbons (Fsp3) is 0.733. The van der Waals surface area contributed by atoms with Crippen LogP contribution >= 0.6 is 0 Å². The number of likely N-dealkylation sites (tertiary alicyclic amines) is 1. The minimum absolute atomic E-state index is 0.0187. The lowest BCUT2D eigenvalue weighted by molar-refractivity contribution is 0.0937. The van der Waals surface area contributed by atoms with Gasteiger partial charge in [-0.3, -0.25) is 4.90 Å². The maximum absolute atomic E-state index is 5.92. The van der Waals surface area contributed by atoms with Gasteiger partial charge in [-0.2, -0.15) is 0 Å². The molecule has 2 N–H and O–H groups in total. The number of nitrogens with zero attached hydrogens (tertiary/aromatic N) is 3. The number of rotatable bonds is 2. The molecule has 4 heteroatoms. The van der Waals surface area contributed by atoms with E-state index in [0.717, 1.165) is 24.0 Å². The summed E-state index contributed by atoms with van der Waals surface area (Å²) in [4.78, 5) is 11.9. The second kappa shape index (κ2) is 4.75. The second-order valence-electron chi connectivity index (χ2n) is 6.27. The van der Waals surface area contributed by atoms with Crippen LogP contribution in [0.15, 0.2) is 6.07 Å². The first-order valence-corrected chi connectivity index (χ1v) is 7.48. The summed E-state index contributed by atoms with van der Waals surface area (Å²) >= 11 is 0. The zero-order chi connectivity index (χ0) is 13.5. The van der Waals surface area contributed by atoms with E-state index in [9.17, 15) is 0 Å². The highest BCUT2D eigenvalue weighted by molar-refractivity contribution is 5.31. The Hall–Kier alpha value is -1.16. The van der Waals surface area contributed by atoms with Crippen LogP contribution in [-0.2, 0) is 5.54 Å². The summed E-state index contributed by atoms with van der Waals surface area (Å²) in [6, 6.07) is 2.57. The molecule has 0 unspecified atom stereocenters. The van der Waals surface area contributed by atoms with Gasteiger partial charge in [-0.1, -0.05) is 12.8 Å². The van der Waals surface area contributed by atoms with E-state index >= 15 is 0 Å². The van der Waals surface area contributed by atoms with Gasteiger partial charge in [0.25, 0.3) is 0 Å². The molecule has 1 saturated carbocycles. The first-order chi connectivity index (χ1) is 9.09. The summed E-state index contributed by atoms with van der Waals surface area (Å²) in [5, 5.41) is 0. The molecule has 1 saturated heterocycles. The molecule has 2 aliphatic rings. The van der Waals surface area contributed by atoms with Crippen LogP contribution in [0.5, 0.6) is 0 Å². The summed E-state index contributed by atoms with van der Waals surface area (Å²) in [7, 11) is 0. The normalized spacial score (nSPS) is 29.2. The lowest BCUT2D eigenvalue weighted by atomic mass is 9.95. The van der Waals surface area contributed by atoms with Gasteiger partial charge >= 0.3 is 0 Å². The number of hydrogen-bond donors (Lipinski definition) is 1. The van der Waals surface area contributed by atoms with Crippen LogP contribution in [0.25, 0.3) is 0 Å². The zero-order valence-corrected chi connectivity index (χ0v) is 12.0. The predicted octanol–water partition coefficient (Wildman–Crippen LogP) is 2.62. The van der Waals surface area contributed by atoms with Gasteiger partial charge in [-0.15, -0.1) is 0 Å². The summed E-state index contributed by atoms with van der Waals surface area (Å²) in [5.74, 6) is 1.52. The minimum Gasteiger partial charge on any atom is -0.384 e. The first kappa shape index (κ1) is 12.9. The van der Waals surface area contributed by atoms with Crippen LogP contribution in [0.3, 0.4) is 0 Å². The van der Waals surface area contributed by atoms with E-state index in [1.165, 1.54) is 38.6 Å². The first-order valence-electron chi connectivity index (χ1n) is 7.48. The Morgan fingerprint density at radius 1 is 1.26 bits per heavy atom. The molecule has 0 spiro atoms. The van der Waals surface area contributed by atoms with Crippen LogP contribution in [-0.4, -0.2) is 27.5 Å². The van der Waals surface area contributed by atoms with Gasteiger partial charge in [0.1, 0.15) is 5.82 Å². The Bertz CT molecular complexity index is 447. The Labute approximate surface area is 115 Å². The van der Waals surface area contributed by atoms with Crippen molar-refractivity contribution < 1.29 is 0 Å². The van der Waals surface area contributed by atoms with E-state index in [-0.39, 0.29) is 5.54 Å². The molecular formula is C15H24N4. The van der Waals surface area contributed by atoms with Crippen LogP contribution < -0.4 is 5.73 Å². The number of anilines is 1. The molecule has 0 aromatic carbocycles. The molecule has 104 valence electrons. The van der Waals surface area contributed by atoms with Gasteiger partial charge in [0.2, 0.25) is 0 Å². The minimum atomic E-state index is -0.0187. The molecule has 1 aliphatic heterocycles. The van der Waals surface area contributed by atoms with E-state index in [0.29, 0.717) is 5.82 Å². The van der Waals surface area contributed by atoms with E-state index in [1.54, 1.807) is 0 Å². The molecule has 19 heavy (non-hydrogen) atoms. The number of aromatic nitrogens is 2. The molecular weight excluding hydrogens is 236 g/mol. The number of aryl methyl sites for hydroxylation is 1. The van der Waals surface area contributed by atoms with E-state index in [4.69, 9.17) is 5.73 Å². The average Bonchev–Trinajstić information content (AvgIpc) is 2.96. The molecule has 1 aromatic heterocycles. The second-order valence-corrected chi connectivity index (χ2v) is 6.27. The molecule has 0 radical (unpaired) electrons. The van der Waals surface area contributed by atoms with E-state index in [1.807, 2.05) is 13.0 Å². The van der Waals surface area contributed by atoms with Crippen LogP contribution in [0.4, 0.5) is 5.82 Å². The monoisotopic (exact) mass is 260 g/mol. The Kier molecular flexibility index (Phi) is 3.21. The average molecular weight is 260 g/mol. The molecule has 1 aliphatic carbocycles.